The van der Waals surface area contributed by atoms with Crippen molar-refractivity contribution in [3.05, 3.63) is 50.2 Å². The van der Waals surface area contributed by atoms with Crippen molar-refractivity contribution >= 4 is 27.8 Å². The molecule has 0 amide bonds. The van der Waals surface area contributed by atoms with E-state index in [2.05, 4.69) is 26.0 Å². The van der Waals surface area contributed by atoms with Crippen molar-refractivity contribution in [2.75, 3.05) is 0 Å². The Bertz CT molecular complexity index is 637. The fourth-order valence-corrected chi connectivity index (χ4v) is 1.78. The molecule has 0 aliphatic rings. The van der Waals surface area contributed by atoms with Crippen molar-refractivity contribution in [3.8, 4) is 0 Å². The van der Waals surface area contributed by atoms with Crippen molar-refractivity contribution in [2.45, 2.75) is 6.54 Å². The Morgan fingerprint density at radius 1 is 1.42 bits per heavy atom. The quantitative estimate of drug-likeness (QED) is 0.676. The topological polar surface area (TPSA) is 111 Å². The number of carboxylic acids is 1. The van der Waals surface area contributed by atoms with Gasteiger partial charge >= 0.3 is 11.9 Å². The van der Waals surface area contributed by atoms with Crippen molar-refractivity contribution in [2.24, 2.45) is 0 Å². The fraction of sp³-hybridized carbons (Fsp3) is 0.100. The predicted molar refractivity (Wildman–Crippen MR) is 66.9 cm³/mol. The lowest BCUT2D eigenvalue weighted by molar-refractivity contribution is -0.394. The largest absolute Gasteiger partial charge is 0.492 e. The summed E-state index contributed by atoms with van der Waals surface area (Å²) in [7, 11) is 0. The molecule has 1 aromatic carbocycles. The number of rotatable bonds is 4. The van der Waals surface area contributed by atoms with E-state index in [4.69, 9.17) is 5.11 Å². The number of nitrogens with zero attached hydrogens (tertiary/aromatic N) is 4. The molecule has 9 heteroatoms. The summed E-state index contributed by atoms with van der Waals surface area (Å²) >= 11 is 3.07. The van der Waals surface area contributed by atoms with Crippen LogP contribution in [-0.2, 0) is 6.54 Å². The van der Waals surface area contributed by atoms with Crippen LogP contribution in [0.4, 0.5) is 5.95 Å². The standard InChI is InChI=1S/C10H7BrN4O4/c11-9-12-10(15(18)19)13-14(9)5-6-1-3-7(4-2-6)8(16)17/h1-4H,5H2,(H,16,17). The van der Waals surface area contributed by atoms with Crippen molar-refractivity contribution in [3.63, 3.8) is 0 Å². The lowest BCUT2D eigenvalue weighted by Crippen LogP contribution is -2.03. The summed E-state index contributed by atoms with van der Waals surface area (Å²) in [6, 6.07) is 6.14. The van der Waals surface area contributed by atoms with Gasteiger partial charge in [-0.05, 0) is 27.6 Å². The van der Waals surface area contributed by atoms with Gasteiger partial charge in [0.2, 0.25) is 0 Å². The van der Waals surface area contributed by atoms with E-state index in [1.807, 2.05) is 0 Å². The van der Waals surface area contributed by atoms with E-state index in [9.17, 15) is 14.9 Å². The van der Waals surface area contributed by atoms with Crippen LogP contribution in [0.15, 0.2) is 29.0 Å². The molecule has 0 radical (unpaired) electrons. The van der Waals surface area contributed by atoms with E-state index >= 15 is 0 Å². The van der Waals surface area contributed by atoms with Gasteiger partial charge in [0.15, 0.2) is 0 Å². The van der Waals surface area contributed by atoms with Crippen molar-refractivity contribution < 1.29 is 14.8 Å². The average molecular weight is 327 g/mol. The number of carbonyl (C=O) groups is 1. The van der Waals surface area contributed by atoms with E-state index in [0.717, 1.165) is 5.56 Å². The highest BCUT2D eigenvalue weighted by Crippen LogP contribution is 2.14. The molecule has 0 spiro atoms. The summed E-state index contributed by atoms with van der Waals surface area (Å²) in [5, 5.41) is 23.0. The number of aromatic nitrogens is 3. The molecular formula is C10H7BrN4O4. The number of carboxylic acid groups (broad SMARTS) is 1. The number of hydrogen-bond donors (Lipinski definition) is 1. The second-order valence-electron chi connectivity index (χ2n) is 3.60. The van der Waals surface area contributed by atoms with E-state index in [0.29, 0.717) is 0 Å². The third-order valence-electron chi connectivity index (χ3n) is 2.31. The first-order valence-corrected chi connectivity index (χ1v) is 5.83. The maximum Gasteiger partial charge on any atom is 0.492 e. The number of aromatic carboxylic acids is 1. The number of nitro groups is 1. The zero-order valence-electron chi connectivity index (χ0n) is 9.36. The van der Waals surface area contributed by atoms with Gasteiger partial charge in [0.25, 0.3) is 4.73 Å². The number of hydrogen-bond acceptors (Lipinski definition) is 5. The summed E-state index contributed by atoms with van der Waals surface area (Å²) in [4.78, 5) is 24.2. The maximum absolute atomic E-state index is 10.7. The maximum atomic E-state index is 10.7. The fourth-order valence-electron chi connectivity index (χ4n) is 1.42. The van der Waals surface area contributed by atoms with Crippen LogP contribution in [0.2, 0.25) is 0 Å². The van der Waals surface area contributed by atoms with E-state index in [1.54, 1.807) is 12.1 Å². The normalized spacial score (nSPS) is 10.4. The van der Waals surface area contributed by atoms with Gasteiger partial charge < -0.3 is 15.2 Å². The Morgan fingerprint density at radius 3 is 2.53 bits per heavy atom. The van der Waals surface area contributed by atoms with Crippen LogP contribution in [0.1, 0.15) is 15.9 Å². The number of halogens is 1. The molecule has 0 saturated carbocycles. The summed E-state index contributed by atoms with van der Waals surface area (Å²) in [5.74, 6) is -1.50. The second kappa shape index (κ2) is 5.14. The van der Waals surface area contributed by atoms with Crippen molar-refractivity contribution in [1.29, 1.82) is 0 Å². The molecule has 0 unspecified atom stereocenters. The van der Waals surface area contributed by atoms with Crippen LogP contribution >= 0.6 is 15.9 Å². The van der Waals surface area contributed by atoms with Crippen LogP contribution in [0.25, 0.3) is 0 Å². The summed E-state index contributed by atoms with van der Waals surface area (Å²) in [6.45, 7) is 0.251. The first-order valence-electron chi connectivity index (χ1n) is 5.04. The summed E-state index contributed by atoms with van der Waals surface area (Å²) in [6.07, 6.45) is 0. The highest BCUT2D eigenvalue weighted by Gasteiger charge is 2.19. The Labute approximate surface area is 115 Å². The van der Waals surface area contributed by atoms with Gasteiger partial charge in [-0.2, -0.15) is 4.68 Å². The van der Waals surface area contributed by atoms with Crippen molar-refractivity contribution in [1.82, 2.24) is 14.8 Å². The molecule has 0 bridgehead atoms. The number of benzene rings is 1. The minimum Gasteiger partial charge on any atom is -0.478 e. The second-order valence-corrected chi connectivity index (χ2v) is 4.31. The summed E-state index contributed by atoms with van der Waals surface area (Å²) < 4.78 is 1.55. The lowest BCUT2D eigenvalue weighted by atomic mass is 10.1. The van der Waals surface area contributed by atoms with Gasteiger partial charge in [-0.1, -0.05) is 12.1 Å². The van der Waals surface area contributed by atoms with E-state index in [-0.39, 0.29) is 16.8 Å². The van der Waals surface area contributed by atoms with E-state index in [1.165, 1.54) is 16.8 Å². The first kappa shape index (κ1) is 13.1. The minimum atomic E-state index is -1.01. The lowest BCUT2D eigenvalue weighted by Gasteiger charge is -2.00. The molecule has 0 saturated heterocycles. The average Bonchev–Trinajstić information content (AvgIpc) is 2.72. The zero-order valence-corrected chi connectivity index (χ0v) is 10.9. The van der Waals surface area contributed by atoms with Crippen LogP contribution < -0.4 is 0 Å². The Morgan fingerprint density at radius 2 is 2.05 bits per heavy atom. The molecule has 0 atom stereocenters. The molecule has 8 nitrogen and oxygen atoms in total. The third kappa shape index (κ3) is 2.94. The summed E-state index contributed by atoms with van der Waals surface area (Å²) in [5.41, 5.74) is 0.929. The van der Waals surface area contributed by atoms with Gasteiger partial charge in [0.05, 0.1) is 12.1 Å². The monoisotopic (exact) mass is 326 g/mol. The molecule has 2 rings (SSSR count). The Kier molecular flexibility index (Phi) is 3.56. The van der Waals surface area contributed by atoms with Crippen LogP contribution in [0.3, 0.4) is 0 Å². The SMILES string of the molecule is O=C(O)c1ccc(Cn2nc([N+](=O)[O-])nc2Br)cc1. The molecule has 0 aliphatic heterocycles. The molecule has 0 aliphatic carbocycles. The zero-order chi connectivity index (χ0) is 14.0. The highest BCUT2D eigenvalue weighted by atomic mass is 79.9. The van der Waals surface area contributed by atoms with Crippen LogP contribution in [-0.4, -0.2) is 30.8 Å². The molecule has 98 valence electrons. The Hall–Kier alpha value is -2.29. The Balaban J connectivity index is 2.21. The van der Waals surface area contributed by atoms with Crippen LogP contribution in [0, 0.1) is 10.1 Å². The molecule has 1 heterocycles. The van der Waals surface area contributed by atoms with Gasteiger partial charge in [-0.25, -0.2) is 4.79 Å². The van der Waals surface area contributed by atoms with E-state index < -0.39 is 16.8 Å². The minimum absolute atomic E-state index is 0.174. The molecule has 1 aromatic heterocycles. The smallest absolute Gasteiger partial charge is 0.478 e. The third-order valence-corrected chi connectivity index (χ3v) is 2.90. The van der Waals surface area contributed by atoms with Gasteiger partial charge in [-0.3, -0.25) is 0 Å². The highest BCUT2D eigenvalue weighted by molar-refractivity contribution is 9.10. The molecule has 1 N–H and O–H groups in total. The van der Waals surface area contributed by atoms with Gasteiger partial charge in [-0.15, -0.1) is 0 Å². The molecule has 0 fully saturated rings. The van der Waals surface area contributed by atoms with Gasteiger partial charge in [0, 0.05) is 21.0 Å². The molecular weight excluding hydrogens is 320 g/mol. The van der Waals surface area contributed by atoms with Crippen LogP contribution in [0.5, 0.6) is 0 Å². The first-order chi connectivity index (χ1) is 8.97. The predicted octanol–water partition coefficient (Wildman–Crippen LogP) is 1.70. The molecule has 2 aromatic rings. The molecule has 19 heavy (non-hydrogen) atoms. The van der Waals surface area contributed by atoms with Gasteiger partial charge in [0.1, 0.15) is 0 Å².